The monoisotopic (exact) mass is 516 g/mol. The minimum absolute atomic E-state index is 0.1000. The molecule has 0 saturated carbocycles. The second-order valence-electron chi connectivity index (χ2n) is 7.82. The molecule has 1 aliphatic rings. The van der Waals surface area contributed by atoms with E-state index in [1.54, 1.807) is 31.2 Å². The fourth-order valence-corrected chi connectivity index (χ4v) is 4.64. The predicted molar refractivity (Wildman–Crippen MR) is 123 cm³/mol. The van der Waals surface area contributed by atoms with Crippen molar-refractivity contribution in [2.24, 2.45) is 0 Å². The Bertz CT molecular complexity index is 1090. The Morgan fingerprint density at radius 1 is 1.20 bits per heavy atom. The van der Waals surface area contributed by atoms with Gasteiger partial charge in [-0.2, -0.15) is 0 Å². The maximum Gasteiger partial charge on any atom is 0.475 e. The number of alkyl halides is 1. The molecule has 0 bridgehead atoms. The Balaban J connectivity index is 1.67. The van der Waals surface area contributed by atoms with Crippen molar-refractivity contribution in [3.05, 3.63) is 69.0 Å². The molecule has 0 radical (unpaired) electrons. The standard InChI is InChI=1S/C22H30FN2O9P/c1-3-30-18(14-29-2)15-32-35(28,31-13-17-7-5-4-6-8-17)33-16-22(23)11-9-20(34-22)25-12-10-19(26)24-21(25)27/h4-8,10,12,18,20H,3,9,11,13-16H2,1-2H3,(H,24,26,27)/t18?,20-,22+,35?/m1/s1. The van der Waals surface area contributed by atoms with Gasteiger partial charge in [-0.15, -0.1) is 0 Å². The number of rotatable bonds is 14. The van der Waals surface area contributed by atoms with E-state index in [2.05, 4.69) is 4.98 Å². The van der Waals surface area contributed by atoms with Gasteiger partial charge in [-0.3, -0.25) is 27.9 Å². The van der Waals surface area contributed by atoms with Crippen molar-refractivity contribution in [1.29, 1.82) is 0 Å². The zero-order valence-corrected chi connectivity index (χ0v) is 20.5. The van der Waals surface area contributed by atoms with Crippen molar-refractivity contribution in [3.63, 3.8) is 0 Å². The van der Waals surface area contributed by atoms with Crippen molar-refractivity contribution in [2.75, 3.05) is 33.5 Å². The fraction of sp³-hybridized carbons (Fsp3) is 0.545. The highest BCUT2D eigenvalue weighted by Gasteiger charge is 2.44. The highest BCUT2D eigenvalue weighted by molar-refractivity contribution is 7.48. The Morgan fingerprint density at radius 3 is 2.66 bits per heavy atom. The van der Waals surface area contributed by atoms with Crippen LogP contribution in [0.5, 0.6) is 0 Å². The quantitative estimate of drug-likeness (QED) is 0.377. The fourth-order valence-electron chi connectivity index (χ4n) is 3.41. The van der Waals surface area contributed by atoms with Crippen molar-refractivity contribution < 1.29 is 36.7 Å². The van der Waals surface area contributed by atoms with Gasteiger partial charge < -0.3 is 14.2 Å². The lowest BCUT2D eigenvalue weighted by atomic mass is 10.2. The first-order chi connectivity index (χ1) is 16.8. The van der Waals surface area contributed by atoms with Gasteiger partial charge in [-0.1, -0.05) is 30.3 Å². The number of phosphoric acid groups is 1. The maximum absolute atomic E-state index is 15.4. The zero-order chi connectivity index (χ0) is 25.3. The van der Waals surface area contributed by atoms with Crippen LogP contribution in [0.3, 0.4) is 0 Å². The lowest BCUT2D eigenvalue weighted by molar-refractivity contribution is -0.176. The van der Waals surface area contributed by atoms with E-state index in [0.717, 1.165) is 10.6 Å². The van der Waals surface area contributed by atoms with Crippen LogP contribution in [0.1, 0.15) is 31.6 Å². The minimum Gasteiger partial charge on any atom is -0.382 e. The van der Waals surface area contributed by atoms with Gasteiger partial charge in [0.25, 0.3) is 5.56 Å². The molecule has 2 heterocycles. The summed E-state index contributed by atoms with van der Waals surface area (Å²) >= 11 is 0. The van der Waals surface area contributed by atoms with Crippen molar-refractivity contribution >= 4 is 7.82 Å². The summed E-state index contributed by atoms with van der Waals surface area (Å²) in [6.07, 6.45) is -0.308. The number of nitrogens with one attached hydrogen (secondary N) is 1. The molecule has 1 aliphatic heterocycles. The molecule has 35 heavy (non-hydrogen) atoms. The van der Waals surface area contributed by atoms with E-state index in [-0.39, 0.29) is 32.7 Å². The van der Waals surface area contributed by atoms with E-state index >= 15 is 4.39 Å². The third-order valence-electron chi connectivity index (χ3n) is 5.12. The van der Waals surface area contributed by atoms with Gasteiger partial charge in [0.2, 0.25) is 5.85 Å². The van der Waals surface area contributed by atoms with Gasteiger partial charge >= 0.3 is 13.5 Å². The molecule has 2 unspecified atom stereocenters. The molecule has 1 aromatic heterocycles. The van der Waals surface area contributed by atoms with Gasteiger partial charge in [0.1, 0.15) is 18.9 Å². The smallest absolute Gasteiger partial charge is 0.382 e. The Hall–Kier alpha value is -2.18. The molecule has 1 N–H and O–H groups in total. The number of H-pyrrole nitrogens is 1. The number of nitrogens with zero attached hydrogens (tertiary/aromatic N) is 1. The highest BCUT2D eigenvalue weighted by Crippen LogP contribution is 2.52. The van der Waals surface area contributed by atoms with Gasteiger partial charge in [0.15, 0.2) is 0 Å². The molecule has 194 valence electrons. The first kappa shape index (κ1) is 27.4. The summed E-state index contributed by atoms with van der Waals surface area (Å²) in [6.45, 7) is 1.30. The second-order valence-corrected chi connectivity index (χ2v) is 9.49. The molecule has 1 fully saturated rings. The number of benzene rings is 1. The third kappa shape index (κ3) is 8.18. The number of hydrogen-bond acceptors (Lipinski definition) is 9. The molecule has 2 aromatic rings. The number of hydrogen-bond donors (Lipinski definition) is 1. The summed E-state index contributed by atoms with van der Waals surface area (Å²) in [6, 6.07) is 10.1. The van der Waals surface area contributed by atoms with Gasteiger partial charge in [-0.25, -0.2) is 13.8 Å². The topological polar surface area (TPSA) is 127 Å². The van der Waals surface area contributed by atoms with E-state index in [1.165, 1.54) is 13.3 Å². The molecular formula is C22H30FN2O9P. The molecule has 4 atom stereocenters. The summed E-state index contributed by atoms with van der Waals surface area (Å²) in [4.78, 5) is 25.4. The minimum atomic E-state index is -4.26. The number of aromatic nitrogens is 2. The number of methoxy groups -OCH3 is 1. The summed E-state index contributed by atoms with van der Waals surface area (Å²) in [5.74, 6) is -2.36. The predicted octanol–water partition coefficient (Wildman–Crippen LogP) is 2.92. The molecule has 0 amide bonds. The van der Waals surface area contributed by atoms with Crippen molar-refractivity contribution in [2.45, 2.75) is 44.6 Å². The average Bonchev–Trinajstić information content (AvgIpc) is 3.23. The largest absolute Gasteiger partial charge is 0.475 e. The summed E-state index contributed by atoms with van der Waals surface area (Å²) in [7, 11) is -2.77. The van der Waals surface area contributed by atoms with Gasteiger partial charge in [0.05, 0.1) is 19.8 Å². The number of halogens is 1. The first-order valence-corrected chi connectivity index (χ1v) is 12.6. The number of phosphoric ester groups is 1. The zero-order valence-electron chi connectivity index (χ0n) is 19.6. The SMILES string of the molecule is CCOC(COC)COP(=O)(OCc1ccccc1)OC[C@]1(F)CC[C@H](n2ccc(=O)[nH]c2=O)O1. The summed E-state index contributed by atoms with van der Waals surface area (Å²) in [5.41, 5.74) is -0.595. The van der Waals surface area contributed by atoms with E-state index in [9.17, 15) is 14.2 Å². The van der Waals surface area contributed by atoms with Crippen molar-refractivity contribution in [3.8, 4) is 0 Å². The molecule has 3 rings (SSSR count). The Labute approximate surface area is 201 Å². The molecule has 0 aliphatic carbocycles. The Kier molecular flexibility index (Phi) is 9.93. The van der Waals surface area contributed by atoms with E-state index in [1.807, 2.05) is 6.07 Å². The van der Waals surface area contributed by atoms with Crippen LogP contribution < -0.4 is 11.2 Å². The Morgan fingerprint density at radius 2 is 1.97 bits per heavy atom. The molecule has 0 spiro atoms. The summed E-state index contributed by atoms with van der Waals surface area (Å²) < 4.78 is 62.0. The van der Waals surface area contributed by atoms with Crippen LogP contribution in [0.25, 0.3) is 0 Å². The van der Waals surface area contributed by atoms with Crippen LogP contribution in [0.2, 0.25) is 0 Å². The lowest BCUT2D eigenvalue weighted by Crippen LogP contribution is -2.34. The van der Waals surface area contributed by atoms with Crippen LogP contribution in [-0.4, -0.2) is 55.0 Å². The lowest BCUT2D eigenvalue weighted by Gasteiger charge is -2.25. The first-order valence-electron chi connectivity index (χ1n) is 11.1. The van der Waals surface area contributed by atoms with Gasteiger partial charge in [-0.05, 0) is 18.9 Å². The van der Waals surface area contributed by atoms with E-state index < -0.39 is 43.9 Å². The number of aromatic amines is 1. The van der Waals surface area contributed by atoms with Crippen LogP contribution >= 0.6 is 7.82 Å². The molecular weight excluding hydrogens is 486 g/mol. The van der Waals surface area contributed by atoms with Crippen LogP contribution in [0.15, 0.2) is 52.2 Å². The molecule has 13 heteroatoms. The van der Waals surface area contributed by atoms with Gasteiger partial charge in [0, 0.05) is 32.4 Å². The highest BCUT2D eigenvalue weighted by atomic mass is 31.2. The van der Waals surface area contributed by atoms with E-state index in [4.69, 9.17) is 27.8 Å². The van der Waals surface area contributed by atoms with Crippen LogP contribution in [0, 0.1) is 0 Å². The third-order valence-corrected chi connectivity index (χ3v) is 6.47. The average molecular weight is 516 g/mol. The normalized spacial score (nSPS) is 22.7. The van der Waals surface area contributed by atoms with Crippen LogP contribution in [-0.2, 0) is 39.0 Å². The molecule has 1 saturated heterocycles. The van der Waals surface area contributed by atoms with E-state index in [0.29, 0.717) is 12.2 Å². The van der Waals surface area contributed by atoms with Crippen molar-refractivity contribution in [1.82, 2.24) is 9.55 Å². The van der Waals surface area contributed by atoms with Crippen LogP contribution in [0.4, 0.5) is 4.39 Å². The second kappa shape index (κ2) is 12.7. The molecule has 11 nitrogen and oxygen atoms in total. The summed E-state index contributed by atoms with van der Waals surface area (Å²) in [5, 5.41) is 0. The number of ether oxygens (including phenoxy) is 3. The molecule has 1 aromatic carbocycles. The maximum atomic E-state index is 15.4.